The van der Waals surface area contributed by atoms with Gasteiger partial charge in [0.05, 0.1) is 17.6 Å². The van der Waals surface area contributed by atoms with Crippen molar-refractivity contribution < 1.29 is 13.9 Å². The molecule has 0 radical (unpaired) electrons. The SMILES string of the molecule is O=C(NC[C@H]1CN2CCC[C@H]2CO1)c1ccc(-c2ccccc2F)s1. The van der Waals surface area contributed by atoms with Gasteiger partial charge in [0.25, 0.3) is 5.91 Å². The Kier molecular flexibility index (Phi) is 4.83. The number of rotatable bonds is 4. The fraction of sp³-hybridized carbons (Fsp3) is 0.421. The predicted molar refractivity (Wildman–Crippen MR) is 96.4 cm³/mol. The molecule has 25 heavy (non-hydrogen) atoms. The van der Waals surface area contributed by atoms with Crippen LogP contribution in [0.3, 0.4) is 0 Å². The monoisotopic (exact) mass is 360 g/mol. The number of carbonyl (C=O) groups excluding carboxylic acids is 1. The van der Waals surface area contributed by atoms with Crippen molar-refractivity contribution in [1.82, 2.24) is 10.2 Å². The number of thiophene rings is 1. The van der Waals surface area contributed by atoms with Crippen molar-refractivity contribution in [3.63, 3.8) is 0 Å². The van der Waals surface area contributed by atoms with Crippen LogP contribution in [-0.2, 0) is 4.74 Å². The van der Waals surface area contributed by atoms with Crippen LogP contribution in [-0.4, -0.2) is 49.2 Å². The maximum absolute atomic E-state index is 13.9. The van der Waals surface area contributed by atoms with E-state index in [1.807, 2.05) is 0 Å². The summed E-state index contributed by atoms with van der Waals surface area (Å²) >= 11 is 1.31. The summed E-state index contributed by atoms with van der Waals surface area (Å²) in [7, 11) is 0. The summed E-state index contributed by atoms with van der Waals surface area (Å²) in [6.45, 7) is 3.29. The highest BCUT2D eigenvalue weighted by Gasteiger charge is 2.32. The Labute approximate surface area is 150 Å². The first kappa shape index (κ1) is 16.7. The maximum atomic E-state index is 13.9. The molecule has 1 aromatic carbocycles. The quantitative estimate of drug-likeness (QED) is 0.911. The largest absolute Gasteiger partial charge is 0.373 e. The molecule has 3 heterocycles. The lowest BCUT2D eigenvalue weighted by Crippen LogP contribution is -2.50. The molecule has 2 aliphatic heterocycles. The van der Waals surface area contributed by atoms with Crippen LogP contribution in [0.15, 0.2) is 36.4 Å². The highest BCUT2D eigenvalue weighted by atomic mass is 32.1. The first-order valence-corrected chi connectivity index (χ1v) is 9.51. The molecule has 2 aromatic rings. The Morgan fingerprint density at radius 2 is 2.20 bits per heavy atom. The highest BCUT2D eigenvalue weighted by molar-refractivity contribution is 7.17. The topological polar surface area (TPSA) is 41.6 Å². The standard InChI is InChI=1S/C19H21FN2O2S/c20-16-6-2-1-5-15(16)17-7-8-18(25-17)19(23)21-10-14-11-22-9-3-4-13(22)12-24-14/h1-2,5-8,13-14H,3-4,9-12H2,(H,21,23)/t13-,14-/m0/s1. The van der Waals surface area contributed by atoms with Gasteiger partial charge in [-0.05, 0) is 37.6 Å². The van der Waals surface area contributed by atoms with Gasteiger partial charge in [0.2, 0.25) is 0 Å². The van der Waals surface area contributed by atoms with Crippen molar-refractivity contribution in [2.75, 3.05) is 26.2 Å². The van der Waals surface area contributed by atoms with Gasteiger partial charge in [-0.3, -0.25) is 9.69 Å². The third kappa shape index (κ3) is 3.61. The van der Waals surface area contributed by atoms with Gasteiger partial charge in [-0.1, -0.05) is 18.2 Å². The van der Waals surface area contributed by atoms with Crippen LogP contribution < -0.4 is 5.32 Å². The van der Waals surface area contributed by atoms with Gasteiger partial charge in [-0.25, -0.2) is 4.39 Å². The second-order valence-corrected chi connectivity index (χ2v) is 7.68. The van der Waals surface area contributed by atoms with Gasteiger partial charge in [0.15, 0.2) is 0 Å². The van der Waals surface area contributed by atoms with E-state index < -0.39 is 0 Å². The normalized spacial score (nSPS) is 23.4. The molecule has 2 saturated heterocycles. The van der Waals surface area contributed by atoms with Crippen molar-refractivity contribution >= 4 is 17.2 Å². The summed E-state index contributed by atoms with van der Waals surface area (Å²) in [5, 5.41) is 2.95. The number of nitrogens with zero attached hydrogens (tertiary/aromatic N) is 1. The predicted octanol–water partition coefficient (Wildman–Crippen LogP) is 3.15. The number of hydrogen-bond donors (Lipinski definition) is 1. The number of morpholine rings is 1. The minimum atomic E-state index is -0.271. The molecule has 6 heteroatoms. The molecular formula is C19H21FN2O2S. The van der Waals surface area contributed by atoms with Gasteiger partial charge in [0, 0.05) is 29.6 Å². The molecule has 2 fully saturated rings. The Morgan fingerprint density at radius 3 is 3.08 bits per heavy atom. The minimum absolute atomic E-state index is 0.0456. The second-order valence-electron chi connectivity index (χ2n) is 6.60. The number of nitrogens with one attached hydrogen (secondary N) is 1. The first-order valence-electron chi connectivity index (χ1n) is 8.69. The molecule has 0 saturated carbocycles. The molecule has 4 rings (SSSR count). The summed E-state index contributed by atoms with van der Waals surface area (Å²) in [4.78, 5) is 16.2. The zero-order valence-corrected chi connectivity index (χ0v) is 14.7. The van der Waals surface area contributed by atoms with Crippen LogP contribution >= 0.6 is 11.3 Å². The van der Waals surface area contributed by atoms with Crippen molar-refractivity contribution in [2.24, 2.45) is 0 Å². The van der Waals surface area contributed by atoms with Crippen LogP contribution in [0.2, 0.25) is 0 Å². The highest BCUT2D eigenvalue weighted by Crippen LogP contribution is 2.30. The molecule has 0 spiro atoms. The third-order valence-electron chi connectivity index (χ3n) is 4.92. The van der Waals surface area contributed by atoms with Crippen molar-refractivity contribution in [1.29, 1.82) is 0 Å². The lowest BCUT2D eigenvalue weighted by atomic mass is 10.2. The summed E-state index contributed by atoms with van der Waals surface area (Å²) in [5.74, 6) is -0.396. The van der Waals surface area contributed by atoms with Crippen LogP contribution in [0.5, 0.6) is 0 Å². The van der Waals surface area contributed by atoms with E-state index in [1.165, 1.54) is 30.2 Å². The van der Waals surface area contributed by atoms with Crippen LogP contribution in [0.1, 0.15) is 22.5 Å². The summed E-state index contributed by atoms with van der Waals surface area (Å²) in [6, 6.07) is 10.7. The average molecular weight is 360 g/mol. The Morgan fingerprint density at radius 1 is 1.32 bits per heavy atom. The summed E-state index contributed by atoms with van der Waals surface area (Å²) in [5.41, 5.74) is 0.530. The molecule has 1 amide bonds. The lowest BCUT2D eigenvalue weighted by Gasteiger charge is -2.35. The van der Waals surface area contributed by atoms with E-state index >= 15 is 0 Å². The van der Waals surface area contributed by atoms with E-state index in [9.17, 15) is 9.18 Å². The Balaban J connectivity index is 1.35. The summed E-state index contributed by atoms with van der Waals surface area (Å²) < 4.78 is 19.7. The first-order chi connectivity index (χ1) is 12.2. The Hall–Kier alpha value is -1.76. The molecule has 1 N–H and O–H groups in total. The molecule has 2 atom stereocenters. The number of fused-ring (bicyclic) bond motifs is 1. The lowest BCUT2D eigenvalue weighted by molar-refractivity contribution is -0.0461. The fourth-order valence-electron chi connectivity index (χ4n) is 3.57. The van der Waals surface area contributed by atoms with Crippen LogP contribution in [0.4, 0.5) is 4.39 Å². The number of carbonyl (C=O) groups is 1. The maximum Gasteiger partial charge on any atom is 0.261 e. The van der Waals surface area contributed by atoms with E-state index in [0.717, 1.165) is 24.6 Å². The van der Waals surface area contributed by atoms with E-state index in [4.69, 9.17) is 4.74 Å². The Bertz CT molecular complexity index is 763. The minimum Gasteiger partial charge on any atom is -0.373 e. The van der Waals surface area contributed by atoms with Gasteiger partial charge < -0.3 is 10.1 Å². The van der Waals surface area contributed by atoms with Gasteiger partial charge in [-0.15, -0.1) is 11.3 Å². The van der Waals surface area contributed by atoms with E-state index in [-0.39, 0.29) is 17.8 Å². The van der Waals surface area contributed by atoms with Crippen molar-refractivity contribution in [2.45, 2.75) is 25.0 Å². The molecule has 132 valence electrons. The molecule has 0 unspecified atom stereocenters. The van der Waals surface area contributed by atoms with E-state index in [2.05, 4.69) is 10.2 Å². The third-order valence-corrected chi connectivity index (χ3v) is 6.04. The van der Waals surface area contributed by atoms with E-state index in [1.54, 1.807) is 30.3 Å². The molecule has 4 nitrogen and oxygen atoms in total. The smallest absolute Gasteiger partial charge is 0.261 e. The van der Waals surface area contributed by atoms with Crippen LogP contribution in [0.25, 0.3) is 10.4 Å². The summed E-state index contributed by atoms with van der Waals surface area (Å²) in [6.07, 6.45) is 2.50. The number of benzene rings is 1. The molecule has 0 aliphatic carbocycles. The van der Waals surface area contributed by atoms with Gasteiger partial charge in [0.1, 0.15) is 5.82 Å². The average Bonchev–Trinajstić information content (AvgIpc) is 3.29. The van der Waals surface area contributed by atoms with Crippen molar-refractivity contribution in [3.8, 4) is 10.4 Å². The zero-order chi connectivity index (χ0) is 17.2. The van der Waals surface area contributed by atoms with Gasteiger partial charge in [-0.2, -0.15) is 0 Å². The zero-order valence-electron chi connectivity index (χ0n) is 13.9. The number of halogens is 1. The molecule has 2 aliphatic rings. The second kappa shape index (κ2) is 7.23. The number of hydrogen-bond acceptors (Lipinski definition) is 4. The molecule has 1 aromatic heterocycles. The van der Waals surface area contributed by atoms with Gasteiger partial charge >= 0.3 is 0 Å². The number of ether oxygens (including phenoxy) is 1. The van der Waals surface area contributed by atoms with Crippen molar-refractivity contribution in [3.05, 3.63) is 47.1 Å². The molecular weight excluding hydrogens is 339 g/mol. The number of amides is 1. The fourth-order valence-corrected chi connectivity index (χ4v) is 4.52. The van der Waals surface area contributed by atoms with Crippen LogP contribution in [0, 0.1) is 5.82 Å². The van der Waals surface area contributed by atoms with E-state index in [0.29, 0.717) is 23.0 Å². The molecule has 0 bridgehead atoms.